The third kappa shape index (κ3) is 9.37. The second-order valence-corrected chi connectivity index (χ2v) is 6.37. The highest BCUT2D eigenvalue weighted by molar-refractivity contribution is 7.82. The van der Waals surface area contributed by atoms with Crippen LogP contribution in [0.1, 0.15) is 90.9 Å². The average molecular weight is 287 g/mol. The molecule has 0 aromatic carbocycles. The summed E-state index contributed by atoms with van der Waals surface area (Å²) >= 11 is 5.19. The summed E-state index contributed by atoms with van der Waals surface area (Å²) in [6, 6.07) is 0. The SMILES string of the molecule is CCCCCCCCCCCCC([S])(CC)C(=O)O. The fourth-order valence-corrected chi connectivity index (χ4v) is 2.48. The Balaban J connectivity index is 3.38. The van der Waals surface area contributed by atoms with Crippen LogP contribution in [0.5, 0.6) is 0 Å². The van der Waals surface area contributed by atoms with Crippen LogP contribution in [0.4, 0.5) is 0 Å². The van der Waals surface area contributed by atoms with E-state index in [1.807, 2.05) is 6.92 Å². The lowest BCUT2D eigenvalue weighted by atomic mass is 9.97. The molecule has 3 heteroatoms. The molecule has 0 saturated heterocycles. The molecule has 0 bridgehead atoms. The zero-order valence-corrected chi connectivity index (χ0v) is 13.6. The van der Waals surface area contributed by atoms with E-state index in [0.29, 0.717) is 12.8 Å². The molecule has 1 N–H and O–H groups in total. The normalized spacial score (nSPS) is 14.3. The number of carbonyl (C=O) groups is 1. The maximum atomic E-state index is 11.0. The molecule has 19 heavy (non-hydrogen) atoms. The van der Waals surface area contributed by atoms with E-state index in [0.717, 1.165) is 12.8 Å². The van der Waals surface area contributed by atoms with Gasteiger partial charge in [0.25, 0.3) is 0 Å². The van der Waals surface area contributed by atoms with Gasteiger partial charge in [-0.1, -0.05) is 90.7 Å². The van der Waals surface area contributed by atoms with Crippen molar-refractivity contribution in [1.29, 1.82) is 0 Å². The molecule has 0 fully saturated rings. The number of carboxylic acid groups (broad SMARTS) is 1. The van der Waals surface area contributed by atoms with Gasteiger partial charge in [0.2, 0.25) is 0 Å². The van der Waals surface area contributed by atoms with Crippen LogP contribution in [0, 0.1) is 0 Å². The Kier molecular flexibility index (Phi) is 11.5. The summed E-state index contributed by atoms with van der Waals surface area (Å²) in [7, 11) is 0. The molecule has 1 radical (unpaired) electrons. The molecule has 0 aromatic heterocycles. The molecule has 1 atom stereocenters. The van der Waals surface area contributed by atoms with E-state index >= 15 is 0 Å². The average Bonchev–Trinajstić information content (AvgIpc) is 2.40. The van der Waals surface area contributed by atoms with Crippen molar-refractivity contribution in [3.8, 4) is 0 Å². The first-order chi connectivity index (χ1) is 9.06. The largest absolute Gasteiger partial charge is 0.480 e. The van der Waals surface area contributed by atoms with Gasteiger partial charge in [-0.25, -0.2) is 0 Å². The lowest BCUT2D eigenvalue weighted by Gasteiger charge is -2.20. The summed E-state index contributed by atoms with van der Waals surface area (Å²) < 4.78 is -0.917. The molecule has 0 saturated carbocycles. The fraction of sp³-hybridized carbons (Fsp3) is 0.938. The molecule has 0 rings (SSSR count). The van der Waals surface area contributed by atoms with Crippen LogP contribution in [0.3, 0.4) is 0 Å². The van der Waals surface area contributed by atoms with Crippen LogP contribution in [0.15, 0.2) is 0 Å². The van der Waals surface area contributed by atoms with Crippen molar-refractivity contribution in [2.24, 2.45) is 0 Å². The van der Waals surface area contributed by atoms with Crippen LogP contribution >= 0.6 is 12.6 Å². The minimum Gasteiger partial charge on any atom is -0.480 e. The van der Waals surface area contributed by atoms with Gasteiger partial charge in [0, 0.05) is 0 Å². The van der Waals surface area contributed by atoms with Crippen LogP contribution in [-0.2, 0) is 4.79 Å². The Morgan fingerprint density at radius 2 is 1.32 bits per heavy atom. The van der Waals surface area contributed by atoms with E-state index in [4.69, 9.17) is 17.7 Å². The summed E-state index contributed by atoms with van der Waals surface area (Å²) in [6.07, 6.45) is 13.9. The lowest BCUT2D eigenvalue weighted by Crippen LogP contribution is -2.31. The van der Waals surface area contributed by atoms with Crippen LogP contribution in [-0.4, -0.2) is 15.8 Å². The Bertz CT molecular complexity index is 231. The minimum absolute atomic E-state index is 0.551. The topological polar surface area (TPSA) is 37.3 Å². The smallest absolute Gasteiger partial charge is 0.320 e. The Morgan fingerprint density at radius 3 is 1.68 bits per heavy atom. The fourth-order valence-electron chi connectivity index (χ4n) is 2.33. The number of unbranched alkanes of at least 4 members (excludes halogenated alkanes) is 9. The second-order valence-electron chi connectivity index (χ2n) is 5.58. The predicted octanol–water partition coefficient (Wildman–Crippen LogP) is 5.73. The summed E-state index contributed by atoms with van der Waals surface area (Å²) in [6.45, 7) is 4.12. The van der Waals surface area contributed by atoms with E-state index in [9.17, 15) is 4.79 Å². The summed E-state index contributed by atoms with van der Waals surface area (Å²) in [4.78, 5) is 11.0. The highest BCUT2D eigenvalue weighted by Gasteiger charge is 2.32. The van der Waals surface area contributed by atoms with E-state index in [-0.39, 0.29) is 0 Å². The van der Waals surface area contributed by atoms with Crippen LogP contribution < -0.4 is 0 Å². The van der Waals surface area contributed by atoms with Crippen molar-refractivity contribution < 1.29 is 9.90 Å². The Labute approximate surface area is 124 Å². The molecule has 0 aliphatic rings. The minimum atomic E-state index is -0.917. The molecule has 0 heterocycles. The van der Waals surface area contributed by atoms with Gasteiger partial charge >= 0.3 is 5.97 Å². The zero-order chi connectivity index (χ0) is 14.6. The van der Waals surface area contributed by atoms with E-state index in [1.54, 1.807) is 0 Å². The highest BCUT2D eigenvalue weighted by atomic mass is 32.1. The molecule has 0 aliphatic carbocycles. The second kappa shape index (κ2) is 11.6. The third-order valence-corrected chi connectivity index (χ3v) is 4.56. The van der Waals surface area contributed by atoms with Gasteiger partial charge < -0.3 is 5.11 Å². The van der Waals surface area contributed by atoms with E-state index in [1.165, 1.54) is 51.4 Å². The number of aliphatic carboxylic acids is 1. The molecule has 0 spiro atoms. The van der Waals surface area contributed by atoms with Gasteiger partial charge in [0.1, 0.15) is 4.75 Å². The number of rotatable bonds is 13. The summed E-state index contributed by atoms with van der Waals surface area (Å²) in [5.41, 5.74) is 0. The maximum absolute atomic E-state index is 11.0. The Hall–Kier alpha value is -0.180. The van der Waals surface area contributed by atoms with Gasteiger partial charge in [-0.15, -0.1) is 0 Å². The molecular weight excluding hydrogens is 256 g/mol. The molecular formula is C16H31O2S. The van der Waals surface area contributed by atoms with Gasteiger partial charge in [-0.3, -0.25) is 4.79 Å². The van der Waals surface area contributed by atoms with Gasteiger partial charge in [0.05, 0.1) is 0 Å². The lowest BCUT2D eigenvalue weighted by molar-refractivity contribution is -0.140. The summed E-state index contributed by atoms with van der Waals surface area (Å²) in [5.74, 6) is -0.819. The van der Waals surface area contributed by atoms with E-state index in [2.05, 4.69) is 6.92 Å². The molecule has 0 amide bonds. The van der Waals surface area contributed by atoms with Gasteiger partial charge in [-0.2, -0.15) is 0 Å². The molecule has 0 aromatic rings. The first-order valence-corrected chi connectivity index (χ1v) is 8.41. The number of hydrogen-bond donors (Lipinski definition) is 1. The molecule has 1 unspecified atom stereocenters. The molecule has 2 nitrogen and oxygen atoms in total. The van der Waals surface area contributed by atoms with Crippen molar-refractivity contribution in [2.45, 2.75) is 95.6 Å². The third-order valence-electron chi connectivity index (χ3n) is 3.90. The van der Waals surface area contributed by atoms with Crippen molar-refractivity contribution in [1.82, 2.24) is 0 Å². The maximum Gasteiger partial charge on any atom is 0.320 e. The quantitative estimate of drug-likeness (QED) is 0.439. The van der Waals surface area contributed by atoms with Gasteiger partial charge in [0.15, 0.2) is 0 Å². The highest BCUT2D eigenvalue weighted by Crippen LogP contribution is 2.27. The van der Waals surface area contributed by atoms with Crippen molar-refractivity contribution in [3.63, 3.8) is 0 Å². The summed E-state index contributed by atoms with van der Waals surface area (Å²) in [5, 5.41) is 9.07. The number of carboxylic acids is 1. The van der Waals surface area contributed by atoms with Crippen molar-refractivity contribution in [2.75, 3.05) is 0 Å². The van der Waals surface area contributed by atoms with Crippen molar-refractivity contribution >= 4 is 18.6 Å². The monoisotopic (exact) mass is 287 g/mol. The predicted molar refractivity (Wildman–Crippen MR) is 84.7 cm³/mol. The zero-order valence-electron chi connectivity index (χ0n) is 12.7. The number of hydrogen-bond acceptors (Lipinski definition) is 1. The van der Waals surface area contributed by atoms with Gasteiger partial charge in [-0.05, 0) is 12.8 Å². The molecule has 0 aliphatic heterocycles. The first-order valence-electron chi connectivity index (χ1n) is 8.00. The van der Waals surface area contributed by atoms with E-state index < -0.39 is 10.7 Å². The Morgan fingerprint density at radius 1 is 0.895 bits per heavy atom. The molecule has 113 valence electrons. The standard InChI is InChI=1S/C16H31O2S/c1-3-5-6-7-8-9-10-11-12-13-14-16(19,4-2)15(17)18/h3-14H2,1-2H3,(H,17,18). The van der Waals surface area contributed by atoms with Crippen molar-refractivity contribution in [3.05, 3.63) is 0 Å². The van der Waals surface area contributed by atoms with Crippen LogP contribution in [0.25, 0.3) is 0 Å². The van der Waals surface area contributed by atoms with Crippen LogP contribution in [0.2, 0.25) is 0 Å². The first kappa shape index (κ1) is 18.8.